The number of nitrogens with zero attached hydrogens (tertiary/aromatic N) is 2. The second kappa shape index (κ2) is 13.2. The predicted octanol–water partition coefficient (Wildman–Crippen LogP) is 1.44. The third kappa shape index (κ3) is 9.39. The molecule has 1 fully saturated rings. The number of hydrogen-bond acceptors (Lipinski definition) is 6. The van der Waals surface area contributed by atoms with Crippen LogP contribution in [0.4, 0.5) is 5.69 Å². The van der Waals surface area contributed by atoms with Crippen molar-refractivity contribution >= 4 is 45.5 Å². The fourth-order valence-electron chi connectivity index (χ4n) is 2.68. The molecule has 8 nitrogen and oxygen atoms in total. The lowest BCUT2D eigenvalue weighted by molar-refractivity contribution is 0.172. The molecule has 1 aliphatic heterocycles. The zero-order chi connectivity index (χ0) is 19.5. The van der Waals surface area contributed by atoms with E-state index in [0.717, 1.165) is 24.4 Å². The van der Waals surface area contributed by atoms with Crippen LogP contribution in [0.25, 0.3) is 0 Å². The van der Waals surface area contributed by atoms with Crippen LogP contribution in [0.1, 0.15) is 6.42 Å². The molecule has 0 atom stereocenters. The average Bonchev–Trinajstić information content (AvgIpc) is 2.66. The zero-order valence-corrected chi connectivity index (χ0v) is 19.7. The molecule has 0 radical (unpaired) electrons. The Bertz CT molecular complexity index is 701. The van der Waals surface area contributed by atoms with Crippen molar-refractivity contribution in [2.45, 2.75) is 6.42 Å². The summed E-state index contributed by atoms with van der Waals surface area (Å²) < 4.78 is 33.6. The average molecular weight is 526 g/mol. The molecule has 1 aliphatic rings. The van der Waals surface area contributed by atoms with Gasteiger partial charge in [-0.2, -0.15) is 0 Å². The van der Waals surface area contributed by atoms with Gasteiger partial charge in [-0.1, -0.05) is 6.07 Å². The van der Waals surface area contributed by atoms with E-state index < -0.39 is 9.84 Å². The SMILES string of the molecule is CN=C(NCCN1CCS(=O)(=O)CC1)Nc1cccc(OCCCOC)c1.I. The van der Waals surface area contributed by atoms with Crippen LogP contribution in [0.3, 0.4) is 0 Å². The van der Waals surface area contributed by atoms with E-state index in [0.29, 0.717) is 38.8 Å². The summed E-state index contributed by atoms with van der Waals surface area (Å²) in [7, 11) is 0.559. The van der Waals surface area contributed by atoms with Crippen LogP contribution in [0.2, 0.25) is 0 Å². The molecule has 0 bridgehead atoms. The van der Waals surface area contributed by atoms with Crippen LogP contribution in [-0.4, -0.2) is 84.3 Å². The maximum absolute atomic E-state index is 11.5. The topological polar surface area (TPSA) is 92.3 Å². The molecule has 2 rings (SSSR count). The summed E-state index contributed by atoms with van der Waals surface area (Å²) in [4.78, 5) is 6.38. The molecule has 0 aliphatic carbocycles. The predicted molar refractivity (Wildman–Crippen MR) is 124 cm³/mol. The van der Waals surface area contributed by atoms with E-state index in [1.54, 1.807) is 14.2 Å². The van der Waals surface area contributed by atoms with Crippen LogP contribution in [-0.2, 0) is 14.6 Å². The molecule has 1 aromatic rings. The number of methoxy groups -OCH3 is 1. The van der Waals surface area contributed by atoms with E-state index in [1.807, 2.05) is 24.3 Å². The van der Waals surface area contributed by atoms with Crippen LogP contribution in [0, 0.1) is 0 Å². The molecule has 28 heavy (non-hydrogen) atoms. The highest BCUT2D eigenvalue weighted by molar-refractivity contribution is 14.0. The summed E-state index contributed by atoms with van der Waals surface area (Å²) in [5.41, 5.74) is 0.886. The van der Waals surface area contributed by atoms with Gasteiger partial charge in [0.1, 0.15) is 5.75 Å². The molecular weight excluding hydrogens is 495 g/mol. The van der Waals surface area contributed by atoms with E-state index in [2.05, 4.69) is 20.5 Å². The highest BCUT2D eigenvalue weighted by Crippen LogP contribution is 2.17. The van der Waals surface area contributed by atoms with Gasteiger partial charge in [0.05, 0.1) is 18.1 Å². The lowest BCUT2D eigenvalue weighted by Gasteiger charge is -2.26. The Balaban J connectivity index is 0.00000392. The first-order valence-corrected chi connectivity index (χ1v) is 11.0. The molecule has 2 N–H and O–H groups in total. The third-order valence-corrected chi connectivity index (χ3v) is 5.85. The molecule has 1 aromatic carbocycles. The molecule has 0 aromatic heterocycles. The van der Waals surface area contributed by atoms with Crippen molar-refractivity contribution in [3.8, 4) is 5.75 Å². The van der Waals surface area contributed by atoms with Crippen molar-refractivity contribution in [2.75, 3.05) is 70.4 Å². The standard InChI is InChI=1S/C18H30N4O4S.HI/c1-19-18(20-7-8-22-9-13-27(23,24)14-10-22)21-16-5-3-6-17(15-16)26-12-4-11-25-2;/h3,5-6,15H,4,7-14H2,1-2H3,(H2,19,20,21);1H. The van der Waals surface area contributed by atoms with E-state index in [1.165, 1.54) is 0 Å². The van der Waals surface area contributed by atoms with Gasteiger partial charge in [0.15, 0.2) is 15.8 Å². The van der Waals surface area contributed by atoms with Crippen LogP contribution >= 0.6 is 24.0 Å². The van der Waals surface area contributed by atoms with Gasteiger partial charge in [-0.25, -0.2) is 8.42 Å². The highest BCUT2D eigenvalue weighted by atomic mass is 127. The van der Waals surface area contributed by atoms with Gasteiger partial charge in [-0.3, -0.25) is 9.89 Å². The number of rotatable bonds is 9. The molecule has 0 saturated carbocycles. The summed E-state index contributed by atoms with van der Waals surface area (Å²) in [5.74, 6) is 1.95. The third-order valence-electron chi connectivity index (χ3n) is 4.24. The Morgan fingerprint density at radius 2 is 2.00 bits per heavy atom. The number of nitrogens with one attached hydrogen (secondary N) is 2. The molecule has 160 valence electrons. The minimum atomic E-state index is -2.83. The summed E-state index contributed by atoms with van der Waals surface area (Å²) in [6, 6.07) is 7.72. The lowest BCUT2D eigenvalue weighted by Crippen LogP contribution is -2.44. The first kappa shape index (κ1) is 24.9. The largest absolute Gasteiger partial charge is 0.493 e. The number of aliphatic imine (C=N–C) groups is 1. The van der Waals surface area contributed by atoms with Crippen molar-refractivity contribution in [3.05, 3.63) is 24.3 Å². The van der Waals surface area contributed by atoms with Crippen molar-refractivity contribution in [1.82, 2.24) is 10.2 Å². The lowest BCUT2D eigenvalue weighted by atomic mass is 10.3. The van der Waals surface area contributed by atoms with E-state index in [4.69, 9.17) is 9.47 Å². The smallest absolute Gasteiger partial charge is 0.195 e. The molecule has 1 heterocycles. The van der Waals surface area contributed by atoms with E-state index in [9.17, 15) is 8.42 Å². The second-order valence-corrected chi connectivity index (χ2v) is 8.64. The first-order valence-electron chi connectivity index (χ1n) is 9.14. The van der Waals surface area contributed by atoms with Gasteiger partial charge in [-0.15, -0.1) is 24.0 Å². The van der Waals surface area contributed by atoms with Crippen molar-refractivity contribution in [1.29, 1.82) is 0 Å². The molecule has 0 amide bonds. The Kier molecular flexibility index (Phi) is 11.7. The first-order chi connectivity index (χ1) is 13.0. The van der Waals surface area contributed by atoms with Crippen LogP contribution in [0.5, 0.6) is 5.75 Å². The molecular formula is C18H31IN4O4S. The molecule has 10 heteroatoms. The van der Waals surface area contributed by atoms with Crippen molar-refractivity contribution in [3.63, 3.8) is 0 Å². The highest BCUT2D eigenvalue weighted by Gasteiger charge is 2.20. The Morgan fingerprint density at radius 1 is 1.25 bits per heavy atom. The minimum absolute atomic E-state index is 0. The summed E-state index contributed by atoms with van der Waals surface area (Å²) in [5, 5.41) is 6.50. The number of guanidine groups is 1. The normalized spacial score (nSPS) is 16.9. The van der Waals surface area contributed by atoms with Gasteiger partial charge >= 0.3 is 0 Å². The van der Waals surface area contributed by atoms with Gasteiger partial charge < -0.3 is 20.1 Å². The summed E-state index contributed by atoms with van der Waals surface area (Å²) >= 11 is 0. The zero-order valence-electron chi connectivity index (χ0n) is 16.5. The van der Waals surface area contributed by atoms with Crippen molar-refractivity contribution in [2.24, 2.45) is 4.99 Å². The number of ether oxygens (including phenoxy) is 2. The fraction of sp³-hybridized carbons (Fsp3) is 0.611. The number of halogens is 1. The fourth-order valence-corrected chi connectivity index (χ4v) is 3.96. The Hall–Kier alpha value is -1.11. The number of sulfone groups is 1. The minimum Gasteiger partial charge on any atom is -0.493 e. The Morgan fingerprint density at radius 3 is 2.68 bits per heavy atom. The van der Waals surface area contributed by atoms with Gasteiger partial charge in [-0.05, 0) is 12.1 Å². The summed E-state index contributed by atoms with van der Waals surface area (Å²) in [6.07, 6.45) is 0.842. The van der Waals surface area contributed by atoms with Gasteiger partial charge in [0.25, 0.3) is 0 Å². The molecule has 0 unspecified atom stereocenters. The Labute approximate surface area is 185 Å². The van der Waals surface area contributed by atoms with Gasteiger partial charge in [0.2, 0.25) is 0 Å². The monoisotopic (exact) mass is 526 g/mol. The van der Waals surface area contributed by atoms with Crippen LogP contribution < -0.4 is 15.4 Å². The van der Waals surface area contributed by atoms with Crippen LogP contribution in [0.15, 0.2) is 29.3 Å². The maximum atomic E-state index is 11.5. The number of hydrogen-bond donors (Lipinski definition) is 2. The van der Waals surface area contributed by atoms with Gasteiger partial charge in [0, 0.05) is 65.1 Å². The molecule has 0 spiro atoms. The number of anilines is 1. The quantitative estimate of drug-likeness (QED) is 0.218. The second-order valence-electron chi connectivity index (χ2n) is 6.34. The summed E-state index contributed by atoms with van der Waals surface area (Å²) in [6.45, 7) is 3.94. The van der Waals surface area contributed by atoms with E-state index in [-0.39, 0.29) is 35.5 Å². The molecule has 1 saturated heterocycles. The number of benzene rings is 1. The maximum Gasteiger partial charge on any atom is 0.195 e. The van der Waals surface area contributed by atoms with Crippen molar-refractivity contribution < 1.29 is 17.9 Å². The van der Waals surface area contributed by atoms with E-state index >= 15 is 0 Å².